The highest BCUT2D eigenvalue weighted by Gasteiger charge is 2.42. The first-order valence-electron chi connectivity index (χ1n) is 9.73. The van der Waals surface area contributed by atoms with Crippen LogP contribution in [0.3, 0.4) is 0 Å². The predicted octanol–water partition coefficient (Wildman–Crippen LogP) is 3.65. The molecule has 8 heteroatoms. The molecule has 7 nitrogen and oxygen atoms in total. The van der Waals surface area contributed by atoms with Gasteiger partial charge in [0, 0.05) is 35.9 Å². The van der Waals surface area contributed by atoms with Crippen LogP contribution in [0.4, 0.5) is 10.5 Å². The number of anilines is 1. The van der Waals surface area contributed by atoms with Gasteiger partial charge in [0.25, 0.3) is 5.91 Å². The summed E-state index contributed by atoms with van der Waals surface area (Å²) < 4.78 is 0. The summed E-state index contributed by atoms with van der Waals surface area (Å²) in [5.41, 5.74) is 8.38. The van der Waals surface area contributed by atoms with Crippen LogP contribution in [0.1, 0.15) is 23.2 Å². The van der Waals surface area contributed by atoms with Gasteiger partial charge in [0.2, 0.25) is 0 Å². The van der Waals surface area contributed by atoms with Crippen LogP contribution in [-0.2, 0) is 0 Å². The Morgan fingerprint density at radius 1 is 1.24 bits per heavy atom. The minimum atomic E-state index is -0.867. The second kappa shape index (κ2) is 6.56. The molecule has 3 aromatic rings. The third-order valence-electron chi connectivity index (χ3n) is 6.32. The van der Waals surface area contributed by atoms with Crippen molar-refractivity contribution in [3.8, 4) is 0 Å². The lowest BCUT2D eigenvalue weighted by molar-refractivity contribution is 0.0963. The quantitative estimate of drug-likeness (QED) is 0.597. The fourth-order valence-corrected chi connectivity index (χ4v) is 5.40. The lowest BCUT2D eigenvalue weighted by atomic mass is 9.92. The van der Waals surface area contributed by atoms with Crippen molar-refractivity contribution in [3.63, 3.8) is 0 Å². The van der Waals surface area contributed by atoms with Crippen LogP contribution in [0.15, 0.2) is 30.3 Å². The zero-order valence-corrected chi connectivity index (χ0v) is 16.4. The number of H-pyrrole nitrogens is 1. The SMILES string of the molecule is NC(=O)c1cc(Cl)c(N2CC3CCCN(C(=O)O)C3C2)c2c1[nH]c1ccccc12. The van der Waals surface area contributed by atoms with E-state index in [4.69, 9.17) is 17.3 Å². The van der Waals surface area contributed by atoms with Gasteiger partial charge < -0.3 is 25.6 Å². The summed E-state index contributed by atoms with van der Waals surface area (Å²) in [5.74, 6) is -0.269. The molecule has 2 amide bonds. The van der Waals surface area contributed by atoms with E-state index in [9.17, 15) is 14.7 Å². The molecule has 0 saturated carbocycles. The van der Waals surface area contributed by atoms with Gasteiger partial charge in [-0.25, -0.2) is 4.79 Å². The number of halogens is 1. The lowest BCUT2D eigenvalue weighted by Crippen LogP contribution is -2.47. The lowest BCUT2D eigenvalue weighted by Gasteiger charge is -2.34. The third kappa shape index (κ3) is 2.72. The van der Waals surface area contributed by atoms with Crippen LogP contribution in [0.5, 0.6) is 0 Å². The maximum absolute atomic E-state index is 12.1. The minimum absolute atomic E-state index is 0.0478. The molecule has 2 aliphatic rings. The van der Waals surface area contributed by atoms with E-state index < -0.39 is 12.0 Å². The number of rotatable bonds is 2. The number of fused-ring (bicyclic) bond motifs is 4. The fourth-order valence-electron chi connectivity index (χ4n) is 5.08. The average Bonchev–Trinajstić information content (AvgIpc) is 3.28. The second-order valence-corrected chi connectivity index (χ2v) is 8.30. The van der Waals surface area contributed by atoms with Gasteiger partial charge in [-0.2, -0.15) is 0 Å². The Hall–Kier alpha value is -2.93. The van der Waals surface area contributed by atoms with E-state index in [0.717, 1.165) is 41.4 Å². The minimum Gasteiger partial charge on any atom is -0.465 e. The Kier molecular flexibility index (Phi) is 4.10. The summed E-state index contributed by atoms with van der Waals surface area (Å²) in [5, 5.41) is 11.9. The van der Waals surface area contributed by atoms with Crippen molar-refractivity contribution in [1.29, 1.82) is 0 Å². The molecule has 4 N–H and O–H groups in total. The number of nitrogens with one attached hydrogen (secondary N) is 1. The van der Waals surface area contributed by atoms with Crippen LogP contribution in [-0.4, -0.2) is 52.7 Å². The molecule has 2 saturated heterocycles. The topological polar surface area (TPSA) is 103 Å². The van der Waals surface area contributed by atoms with E-state index in [1.54, 1.807) is 11.0 Å². The van der Waals surface area contributed by atoms with Crippen molar-refractivity contribution in [2.24, 2.45) is 11.7 Å². The van der Waals surface area contributed by atoms with Crippen LogP contribution in [0.2, 0.25) is 5.02 Å². The van der Waals surface area contributed by atoms with E-state index in [1.165, 1.54) is 0 Å². The van der Waals surface area contributed by atoms with Crippen LogP contribution >= 0.6 is 11.6 Å². The first-order chi connectivity index (χ1) is 14.0. The molecule has 3 heterocycles. The number of para-hydroxylation sites is 1. The summed E-state index contributed by atoms with van der Waals surface area (Å²) in [7, 11) is 0. The molecule has 29 heavy (non-hydrogen) atoms. The number of hydrogen-bond acceptors (Lipinski definition) is 3. The normalized spacial score (nSPS) is 21.7. The van der Waals surface area contributed by atoms with Gasteiger partial charge >= 0.3 is 6.09 Å². The number of benzene rings is 2. The molecule has 2 aromatic carbocycles. The standard InChI is InChI=1S/C21H21ClN4O3/c22-14-8-13(20(23)27)18-17(12-5-1-2-6-15(12)24-18)19(14)25-9-11-4-3-7-26(21(28)29)16(11)10-25/h1-2,5-6,8,11,16,24H,3-4,7,9-10H2,(H2,23,27)(H,28,29). The number of carbonyl (C=O) groups is 2. The highest BCUT2D eigenvalue weighted by molar-refractivity contribution is 6.37. The summed E-state index contributed by atoms with van der Waals surface area (Å²) in [4.78, 5) is 30.8. The van der Waals surface area contributed by atoms with Crippen molar-refractivity contribution in [2.75, 3.05) is 24.5 Å². The van der Waals surface area contributed by atoms with Gasteiger partial charge in [-0.05, 0) is 30.9 Å². The van der Waals surface area contributed by atoms with Gasteiger partial charge in [-0.15, -0.1) is 0 Å². The number of aromatic amines is 1. The van der Waals surface area contributed by atoms with E-state index in [2.05, 4.69) is 9.88 Å². The Labute approximate surface area is 172 Å². The molecule has 0 aliphatic carbocycles. The molecule has 2 aliphatic heterocycles. The molecule has 2 unspecified atom stereocenters. The van der Waals surface area contributed by atoms with E-state index in [-0.39, 0.29) is 12.0 Å². The zero-order chi connectivity index (χ0) is 20.3. The van der Waals surface area contributed by atoms with E-state index in [1.807, 2.05) is 24.3 Å². The number of carboxylic acid groups (broad SMARTS) is 1. The maximum Gasteiger partial charge on any atom is 0.407 e. The number of nitrogens with two attached hydrogens (primary N) is 1. The van der Waals surface area contributed by atoms with Gasteiger partial charge in [-0.1, -0.05) is 29.8 Å². The number of amides is 2. The number of primary amides is 1. The summed E-state index contributed by atoms with van der Waals surface area (Å²) in [6, 6.07) is 9.39. The molecule has 5 rings (SSSR count). The molecule has 1 aromatic heterocycles. The number of hydrogen-bond donors (Lipinski definition) is 3. The number of aromatic nitrogens is 1. The number of carbonyl (C=O) groups excluding carboxylic acids is 1. The van der Waals surface area contributed by atoms with Crippen LogP contribution in [0.25, 0.3) is 21.8 Å². The average molecular weight is 413 g/mol. The number of piperidine rings is 1. The fraction of sp³-hybridized carbons (Fsp3) is 0.333. The summed E-state index contributed by atoms with van der Waals surface area (Å²) >= 11 is 6.69. The van der Waals surface area contributed by atoms with Gasteiger partial charge in [0.15, 0.2) is 0 Å². The first kappa shape index (κ1) is 18.1. The van der Waals surface area contributed by atoms with Crippen molar-refractivity contribution in [1.82, 2.24) is 9.88 Å². The largest absolute Gasteiger partial charge is 0.465 e. The predicted molar refractivity (Wildman–Crippen MR) is 113 cm³/mol. The Balaban J connectivity index is 1.70. The Morgan fingerprint density at radius 2 is 2.03 bits per heavy atom. The molecule has 0 spiro atoms. The summed E-state index contributed by atoms with van der Waals surface area (Å²) in [6.45, 7) is 1.89. The smallest absolute Gasteiger partial charge is 0.407 e. The summed E-state index contributed by atoms with van der Waals surface area (Å²) in [6.07, 6.45) is 1.01. The van der Waals surface area contributed by atoms with Crippen molar-refractivity contribution in [3.05, 3.63) is 40.9 Å². The van der Waals surface area contributed by atoms with Crippen LogP contribution < -0.4 is 10.6 Å². The Bertz CT molecular complexity index is 1160. The van der Waals surface area contributed by atoms with Gasteiger partial charge in [-0.3, -0.25) is 4.79 Å². The molecule has 150 valence electrons. The molecule has 2 fully saturated rings. The van der Waals surface area contributed by atoms with Crippen LogP contribution in [0, 0.1) is 5.92 Å². The van der Waals surface area contributed by atoms with Crippen molar-refractivity contribution in [2.45, 2.75) is 18.9 Å². The number of likely N-dealkylation sites (tertiary alicyclic amines) is 1. The monoisotopic (exact) mass is 412 g/mol. The molecular weight excluding hydrogens is 392 g/mol. The highest BCUT2D eigenvalue weighted by atomic mass is 35.5. The Morgan fingerprint density at radius 3 is 2.79 bits per heavy atom. The van der Waals surface area contributed by atoms with Crippen molar-refractivity contribution < 1.29 is 14.7 Å². The maximum atomic E-state index is 12.1. The number of nitrogens with zero attached hydrogens (tertiary/aromatic N) is 2. The van der Waals surface area contributed by atoms with Crippen molar-refractivity contribution >= 4 is 51.1 Å². The van der Waals surface area contributed by atoms with E-state index >= 15 is 0 Å². The third-order valence-corrected chi connectivity index (χ3v) is 6.61. The molecule has 0 radical (unpaired) electrons. The van der Waals surface area contributed by atoms with Gasteiger partial charge in [0.05, 0.1) is 27.8 Å². The van der Waals surface area contributed by atoms with E-state index in [0.29, 0.717) is 29.2 Å². The second-order valence-electron chi connectivity index (χ2n) is 7.89. The highest BCUT2D eigenvalue weighted by Crippen LogP contribution is 2.44. The first-order valence-corrected chi connectivity index (χ1v) is 10.1. The molecule has 2 atom stereocenters. The molecule has 0 bridgehead atoms. The van der Waals surface area contributed by atoms with Gasteiger partial charge in [0.1, 0.15) is 0 Å². The zero-order valence-electron chi connectivity index (χ0n) is 15.7. The molecular formula is C21H21ClN4O3.